The molecule has 1 heterocycles. The summed E-state index contributed by atoms with van der Waals surface area (Å²) in [6.07, 6.45) is 6.72. The first-order valence-corrected chi connectivity index (χ1v) is 8.78. The van der Waals surface area contributed by atoms with Crippen LogP contribution >= 0.6 is 27.7 Å². The zero-order chi connectivity index (χ0) is 19.3. The number of methoxy groups -OCH3 is 2. The summed E-state index contributed by atoms with van der Waals surface area (Å²) in [6, 6.07) is 3.38. The Morgan fingerprint density at radius 3 is 2.73 bits per heavy atom. The zero-order valence-corrected chi connectivity index (χ0v) is 16.3. The lowest BCUT2D eigenvalue weighted by atomic mass is 10.1. The summed E-state index contributed by atoms with van der Waals surface area (Å²) in [6.45, 7) is -0.441. The summed E-state index contributed by atoms with van der Waals surface area (Å²) in [5, 5.41) is -0.556. The van der Waals surface area contributed by atoms with Gasteiger partial charge in [0.05, 0.1) is 19.1 Å². The summed E-state index contributed by atoms with van der Waals surface area (Å²) in [4.78, 5) is 36.8. The third kappa shape index (κ3) is 4.39. The van der Waals surface area contributed by atoms with Crippen molar-refractivity contribution in [3.63, 3.8) is 0 Å². The van der Waals surface area contributed by atoms with Crippen molar-refractivity contribution in [3.8, 4) is 23.8 Å². The summed E-state index contributed by atoms with van der Waals surface area (Å²) in [5.74, 6) is 1.84. The van der Waals surface area contributed by atoms with Crippen molar-refractivity contribution in [2.75, 3.05) is 27.4 Å². The first-order valence-electron chi connectivity index (χ1n) is 7.17. The lowest BCUT2D eigenvalue weighted by molar-refractivity contribution is -0.143. The molecule has 0 aromatic heterocycles. The lowest BCUT2D eigenvalue weighted by Crippen LogP contribution is -2.34. The monoisotopic (exact) mass is 439 g/mol. The summed E-state index contributed by atoms with van der Waals surface area (Å²) in [5.41, 5.74) is 0.495. The lowest BCUT2D eigenvalue weighted by Gasteiger charge is -2.13. The summed E-state index contributed by atoms with van der Waals surface area (Å²) >= 11 is 4.07. The first kappa shape index (κ1) is 19.9. The second-order valence-electron chi connectivity index (χ2n) is 4.86. The zero-order valence-electron chi connectivity index (χ0n) is 13.9. The number of amides is 2. The minimum absolute atomic E-state index is 0.00263. The van der Waals surface area contributed by atoms with Crippen molar-refractivity contribution < 1.29 is 28.6 Å². The molecule has 1 aromatic rings. The summed E-state index contributed by atoms with van der Waals surface area (Å²) in [7, 11) is 2.65. The predicted molar refractivity (Wildman–Crippen MR) is 99.7 cm³/mol. The number of hydrogen-bond donors (Lipinski definition) is 0. The third-order valence-electron chi connectivity index (χ3n) is 3.24. The molecule has 1 aliphatic heterocycles. The van der Waals surface area contributed by atoms with Crippen LogP contribution in [0.15, 0.2) is 21.5 Å². The van der Waals surface area contributed by atoms with E-state index in [2.05, 4.69) is 26.6 Å². The van der Waals surface area contributed by atoms with E-state index in [1.807, 2.05) is 0 Å². The molecule has 0 unspecified atom stereocenters. The normalized spacial score (nSPS) is 15.2. The molecule has 2 rings (SSSR count). The van der Waals surface area contributed by atoms with Gasteiger partial charge in [0.2, 0.25) is 0 Å². The van der Waals surface area contributed by atoms with E-state index in [-0.39, 0.29) is 11.5 Å². The smallest absolute Gasteiger partial charge is 0.325 e. The highest BCUT2D eigenvalue weighted by Crippen LogP contribution is 2.39. The Morgan fingerprint density at radius 2 is 2.12 bits per heavy atom. The van der Waals surface area contributed by atoms with Crippen LogP contribution in [-0.2, 0) is 14.3 Å². The Kier molecular flexibility index (Phi) is 6.71. The topological polar surface area (TPSA) is 82.1 Å². The van der Waals surface area contributed by atoms with Gasteiger partial charge in [-0.05, 0) is 30.0 Å². The largest absolute Gasteiger partial charge is 0.493 e. The average Bonchev–Trinajstić information content (AvgIpc) is 2.87. The molecule has 0 saturated carbocycles. The highest BCUT2D eigenvalue weighted by atomic mass is 79.9. The van der Waals surface area contributed by atoms with E-state index in [4.69, 9.17) is 15.9 Å². The molecule has 7 nitrogen and oxygen atoms in total. The minimum atomic E-state index is -0.685. The van der Waals surface area contributed by atoms with Gasteiger partial charge in [-0.15, -0.1) is 6.42 Å². The first-order chi connectivity index (χ1) is 12.4. The molecule has 0 aliphatic carbocycles. The molecule has 0 N–H and O–H groups in total. The number of carbonyl (C=O) groups is 3. The van der Waals surface area contributed by atoms with Gasteiger partial charge in [0.15, 0.2) is 11.5 Å². The Morgan fingerprint density at radius 1 is 1.38 bits per heavy atom. The Bertz CT molecular complexity index is 829. The van der Waals surface area contributed by atoms with Gasteiger partial charge in [-0.2, -0.15) is 0 Å². The molecule has 2 amide bonds. The van der Waals surface area contributed by atoms with Crippen molar-refractivity contribution in [2.45, 2.75) is 0 Å². The van der Waals surface area contributed by atoms with Gasteiger partial charge < -0.3 is 14.2 Å². The standard InChI is InChI=1S/C17H14BrNO6S/c1-4-5-25-15-10(6-11(18)8-12(15)23-2)7-13-16(21)19(17(22)26-13)9-14(20)24-3/h1,6-8H,5,9H2,2-3H3/b13-7+. The van der Waals surface area contributed by atoms with Crippen LogP contribution in [-0.4, -0.2) is 49.4 Å². The van der Waals surface area contributed by atoms with E-state index >= 15 is 0 Å². The van der Waals surface area contributed by atoms with Crippen LogP contribution in [0.1, 0.15) is 5.56 Å². The van der Waals surface area contributed by atoms with E-state index in [1.165, 1.54) is 20.3 Å². The van der Waals surface area contributed by atoms with Gasteiger partial charge in [-0.1, -0.05) is 21.9 Å². The Labute approximate surface area is 162 Å². The number of nitrogens with zero attached hydrogens (tertiary/aromatic N) is 1. The minimum Gasteiger partial charge on any atom is -0.493 e. The van der Waals surface area contributed by atoms with Crippen molar-refractivity contribution in [1.82, 2.24) is 4.90 Å². The van der Waals surface area contributed by atoms with Gasteiger partial charge in [-0.3, -0.25) is 19.3 Å². The number of ether oxygens (including phenoxy) is 3. The molecule has 0 spiro atoms. The number of thioether (sulfide) groups is 1. The fourth-order valence-electron chi connectivity index (χ4n) is 2.09. The number of hydrogen-bond acceptors (Lipinski definition) is 7. The second kappa shape index (κ2) is 8.78. The number of benzene rings is 1. The fraction of sp³-hybridized carbons (Fsp3) is 0.235. The van der Waals surface area contributed by atoms with Crippen LogP contribution < -0.4 is 9.47 Å². The maximum Gasteiger partial charge on any atom is 0.325 e. The van der Waals surface area contributed by atoms with Gasteiger partial charge in [0, 0.05) is 10.0 Å². The fourth-order valence-corrected chi connectivity index (χ4v) is 3.37. The van der Waals surface area contributed by atoms with E-state index in [9.17, 15) is 14.4 Å². The van der Waals surface area contributed by atoms with Crippen LogP contribution in [0, 0.1) is 12.3 Å². The highest BCUT2D eigenvalue weighted by Gasteiger charge is 2.36. The molecule has 9 heteroatoms. The molecule has 0 radical (unpaired) electrons. The van der Waals surface area contributed by atoms with Crippen LogP contribution in [0.4, 0.5) is 4.79 Å². The molecule has 1 fully saturated rings. The van der Waals surface area contributed by atoms with Crippen molar-refractivity contribution >= 4 is 50.9 Å². The number of rotatable bonds is 6. The maximum atomic E-state index is 12.4. The molecular weight excluding hydrogens is 426 g/mol. The number of carbonyl (C=O) groups excluding carboxylic acids is 3. The van der Waals surface area contributed by atoms with Crippen LogP contribution in [0.25, 0.3) is 6.08 Å². The number of imide groups is 1. The molecule has 26 heavy (non-hydrogen) atoms. The van der Waals surface area contributed by atoms with E-state index in [1.54, 1.807) is 12.1 Å². The number of esters is 1. The Balaban J connectivity index is 2.41. The average molecular weight is 440 g/mol. The van der Waals surface area contributed by atoms with Gasteiger partial charge in [0.25, 0.3) is 11.1 Å². The predicted octanol–water partition coefficient (Wildman–Crippen LogP) is 2.68. The van der Waals surface area contributed by atoms with Gasteiger partial charge in [-0.25, -0.2) is 0 Å². The highest BCUT2D eigenvalue weighted by molar-refractivity contribution is 9.10. The molecule has 136 valence electrons. The molecule has 1 aromatic carbocycles. The number of halogens is 1. The quantitative estimate of drug-likeness (QED) is 0.382. The molecule has 0 bridgehead atoms. The molecule has 0 atom stereocenters. The molecule has 1 saturated heterocycles. The third-order valence-corrected chi connectivity index (χ3v) is 4.61. The van der Waals surface area contributed by atoms with E-state index in [0.29, 0.717) is 21.5 Å². The maximum absolute atomic E-state index is 12.4. The van der Waals surface area contributed by atoms with Crippen LogP contribution in [0.2, 0.25) is 0 Å². The SMILES string of the molecule is C#CCOc1c(/C=C2/SC(=O)N(CC(=O)OC)C2=O)cc(Br)cc1OC. The van der Waals surface area contributed by atoms with Crippen molar-refractivity contribution in [3.05, 3.63) is 27.1 Å². The molecular formula is C17H14BrNO6S. The van der Waals surface area contributed by atoms with Gasteiger partial charge in [0.1, 0.15) is 13.2 Å². The van der Waals surface area contributed by atoms with Crippen molar-refractivity contribution in [2.24, 2.45) is 0 Å². The second-order valence-corrected chi connectivity index (χ2v) is 6.77. The van der Waals surface area contributed by atoms with E-state index in [0.717, 1.165) is 16.7 Å². The Hall–Kier alpha value is -2.44. The van der Waals surface area contributed by atoms with Crippen molar-refractivity contribution in [1.29, 1.82) is 0 Å². The van der Waals surface area contributed by atoms with Crippen LogP contribution in [0.3, 0.4) is 0 Å². The molecule has 1 aliphatic rings. The van der Waals surface area contributed by atoms with Crippen LogP contribution in [0.5, 0.6) is 11.5 Å². The summed E-state index contributed by atoms with van der Waals surface area (Å²) < 4.78 is 16.0. The van der Waals surface area contributed by atoms with Gasteiger partial charge >= 0.3 is 5.97 Å². The van der Waals surface area contributed by atoms with E-state index < -0.39 is 23.7 Å². The number of terminal acetylenes is 1.